The molecule has 0 saturated carbocycles. The second-order valence-corrected chi connectivity index (χ2v) is 8.25. The number of hydrogen-bond donors (Lipinski definition) is 0. The average molecular weight is 369 g/mol. The summed E-state index contributed by atoms with van der Waals surface area (Å²) in [4.78, 5) is 25.3. The number of hydrogen-bond acceptors (Lipinski definition) is 6. The van der Waals surface area contributed by atoms with Gasteiger partial charge in [-0.05, 0) is 43.2 Å². The standard InChI is InChI=1S/C18H15N3O2S2/c1-10-12(20-16(23-10)14-6-3-7-24-14)8-21-9-19-17-15(18(21)22)11-4-2-5-13(11)25-17/h3,6-7,9H,2,4-5,8H2,1H3. The summed E-state index contributed by atoms with van der Waals surface area (Å²) in [5.41, 5.74) is 2.02. The average Bonchev–Trinajstić information content (AvgIpc) is 3.34. The second-order valence-electron chi connectivity index (χ2n) is 6.21. The van der Waals surface area contributed by atoms with Crippen molar-refractivity contribution in [3.8, 4) is 10.8 Å². The van der Waals surface area contributed by atoms with Crippen molar-refractivity contribution in [2.75, 3.05) is 0 Å². The summed E-state index contributed by atoms with van der Waals surface area (Å²) < 4.78 is 7.43. The Bertz CT molecular complexity index is 1140. The van der Waals surface area contributed by atoms with Crippen LogP contribution in [0.2, 0.25) is 0 Å². The maximum absolute atomic E-state index is 13.0. The number of aromatic nitrogens is 3. The molecule has 0 saturated heterocycles. The molecule has 25 heavy (non-hydrogen) atoms. The fourth-order valence-electron chi connectivity index (χ4n) is 3.37. The number of oxazole rings is 1. The molecule has 0 aromatic carbocycles. The monoisotopic (exact) mass is 369 g/mol. The molecule has 4 aromatic heterocycles. The molecule has 126 valence electrons. The van der Waals surface area contributed by atoms with Gasteiger partial charge in [-0.1, -0.05) is 6.07 Å². The first kappa shape index (κ1) is 15.0. The number of rotatable bonds is 3. The molecule has 0 atom stereocenters. The van der Waals surface area contributed by atoms with Gasteiger partial charge in [0.25, 0.3) is 5.56 Å². The van der Waals surface area contributed by atoms with Gasteiger partial charge in [-0.3, -0.25) is 9.36 Å². The van der Waals surface area contributed by atoms with Gasteiger partial charge in [0.05, 0.1) is 23.1 Å². The van der Waals surface area contributed by atoms with Crippen LogP contribution in [-0.2, 0) is 19.4 Å². The largest absolute Gasteiger partial charge is 0.440 e. The van der Waals surface area contributed by atoms with Crippen LogP contribution in [0.15, 0.2) is 33.1 Å². The van der Waals surface area contributed by atoms with Gasteiger partial charge in [-0.15, -0.1) is 22.7 Å². The highest BCUT2D eigenvalue weighted by Gasteiger charge is 2.22. The minimum atomic E-state index is 0.0319. The molecule has 0 amide bonds. The Morgan fingerprint density at radius 1 is 1.36 bits per heavy atom. The van der Waals surface area contributed by atoms with Gasteiger partial charge in [-0.2, -0.15) is 0 Å². The minimum Gasteiger partial charge on any atom is -0.440 e. The highest BCUT2D eigenvalue weighted by molar-refractivity contribution is 7.18. The fourth-order valence-corrected chi connectivity index (χ4v) is 5.24. The molecule has 7 heteroatoms. The number of aryl methyl sites for hydroxylation is 3. The van der Waals surface area contributed by atoms with Crippen LogP contribution < -0.4 is 5.56 Å². The highest BCUT2D eigenvalue weighted by Crippen LogP contribution is 2.34. The van der Waals surface area contributed by atoms with Crippen LogP contribution in [-0.4, -0.2) is 14.5 Å². The summed E-state index contributed by atoms with van der Waals surface area (Å²) >= 11 is 3.25. The van der Waals surface area contributed by atoms with E-state index in [1.807, 2.05) is 24.4 Å². The number of fused-ring (bicyclic) bond motifs is 3. The summed E-state index contributed by atoms with van der Waals surface area (Å²) in [5, 5.41) is 2.80. The lowest BCUT2D eigenvalue weighted by Crippen LogP contribution is -2.21. The topological polar surface area (TPSA) is 60.9 Å². The molecule has 1 aliphatic rings. The van der Waals surface area contributed by atoms with Crippen LogP contribution in [0.3, 0.4) is 0 Å². The zero-order valence-corrected chi connectivity index (χ0v) is 15.2. The Hall–Kier alpha value is -2.25. The van der Waals surface area contributed by atoms with Gasteiger partial charge >= 0.3 is 0 Å². The summed E-state index contributed by atoms with van der Waals surface area (Å²) in [5.74, 6) is 1.35. The third kappa shape index (κ3) is 2.38. The van der Waals surface area contributed by atoms with Gasteiger partial charge < -0.3 is 4.42 Å². The number of thiophene rings is 2. The molecule has 4 aromatic rings. The van der Waals surface area contributed by atoms with Crippen molar-refractivity contribution in [2.24, 2.45) is 0 Å². The van der Waals surface area contributed by atoms with E-state index in [2.05, 4.69) is 9.97 Å². The van der Waals surface area contributed by atoms with E-state index in [1.54, 1.807) is 33.6 Å². The van der Waals surface area contributed by atoms with E-state index < -0.39 is 0 Å². The van der Waals surface area contributed by atoms with E-state index in [0.717, 1.165) is 45.8 Å². The molecule has 5 rings (SSSR count). The first-order valence-corrected chi connectivity index (χ1v) is 9.90. The number of nitrogens with zero attached hydrogens (tertiary/aromatic N) is 3. The lowest BCUT2D eigenvalue weighted by Gasteiger charge is -2.04. The Kier molecular flexibility index (Phi) is 3.39. The molecule has 0 radical (unpaired) electrons. The third-order valence-corrected chi connectivity index (χ3v) is 6.69. The van der Waals surface area contributed by atoms with Crippen LogP contribution >= 0.6 is 22.7 Å². The normalized spacial score (nSPS) is 13.6. The molecule has 0 N–H and O–H groups in total. The van der Waals surface area contributed by atoms with Crippen LogP contribution in [0.4, 0.5) is 0 Å². The van der Waals surface area contributed by atoms with Crippen molar-refractivity contribution in [3.63, 3.8) is 0 Å². The van der Waals surface area contributed by atoms with Gasteiger partial charge in [-0.25, -0.2) is 9.97 Å². The highest BCUT2D eigenvalue weighted by atomic mass is 32.1. The second kappa shape index (κ2) is 5.64. The summed E-state index contributed by atoms with van der Waals surface area (Å²) in [6.07, 6.45) is 4.83. The van der Waals surface area contributed by atoms with Gasteiger partial charge in [0.1, 0.15) is 16.3 Å². The molecule has 4 heterocycles. The first-order chi connectivity index (χ1) is 12.2. The van der Waals surface area contributed by atoms with Crippen molar-refractivity contribution in [1.29, 1.82) is 0 Å². The van der Waals surface area contributed by atoms with Crippen LogP contribution in [0.1, 0.15) is 28.3 Å². The fraction of sp³-hybridized carbons (Fsp3) is 0.278. The maximum atomic E-state index is 13.0. The molecule has 0 aliphatic heterocycles. The summed E-state index contributed by atoms with van der Waals surface area (Å²) in [6.45, 7) is 2.27. The zero-order valence-electron chi connectivity index (χ0n) is 13.6. The molecule has 0 fully saturated rings. The van der Waals surface area contributed by atoms with Crippen LogP contribution in [0, 0.1) is 6.92 Å². The predicted octanol–water partition coefficient (Wildman–Crippen LogP) is 4.02. The van der Waals surface area contributed by atoms with Crippen molar-refractivity contribution >= 4 is 32.9 Å². The molecule has 0 unspecified atom stereocenters. The van der Waals surface area contributed by atoms with Crippen LogP contribution in [0.5, 0.6) is 0 Å². The zero-order chi connectivity index (χ0) is 17.0. The van der Waals surface area contributed by atoms with Crippen molar-refractivity contribution in [1.82, 2.24) is 14.5 Å². The smallest absolute Gasteiger partial charge is 0.262 e. The lowest BCUT2D eigenvalue weighted by molar-refractivity contribution is 0.538. The van der Waals surface area contributed by atoms with E-state index in [4.69, 9.17) is 4.42 Å². The van der Waals surface area contributed by atoms with E-state index in [9.17, 15) is 4.79 Å². The predicted molar refractivity (Wildman–Crippen MR) is 99.6 cm³/mol. The first-order valence-electron chi connectivity index (χ1n) is 8.20. The van der Waals surface area contributed by atoms with Crippen molar-refractivity contribution in [3.05, 3.63) is 56.1 Å². The SMILES string of the molecule is Cc1oc(-c2cccs2)nc1Cn1cnc2sc3c(c2c1=O)CCC3. The minimum absolute atomic E-state index is 0.0319. The lowest BCUT2D eigenvalue weighted by atomic mass is 10.2. The van der Waals surface area contributed by atoms with Gasteiger partial charge in [0.2, 0.25) is 5.89 Å². The summed E-state index contributed by atoms with van der Waals surface area (Å²) in [6, 6.07) is 3.95. The Labute approximate surface area is 151 Å². The van der Waals surface area contributed by atoms with Gasteiger partial charge in [0.15, 0.2) is 0 Å². The molecular formula is C18H15N3O2S2. The van der Waals surface area contributed by atoms with E-state index in [1.165, 1.54) is 10.4 Å². The van der Waals surface area contributed by atoms with Gasteiger partial charge in [0, 0.05) is 4.88 Å². The quantitative estimate of drug-likeness (QED) is 0.547. The van der Waals surface area contributed by atoms with Crippen molar-refractivity contribution in [2.45, 2.75) is 32.7 Å². The Balaban J connectivity index is 1.57. The summed E-state index contributed by atoms with van der Waals surface area (Å²) in [7, 11) is 0. The van der Waals surface area contributed by atoms with Crippen LogP contribution in [0.25, 0.3) is 21.0 Å². The van der Waals surface area contributed by atoms with E-state index >= 15 is 0 Å². The molecule has 5 nitrogen and oxygen atoms in total. The Morgan fingerprint density at radius 2 is 2.28 bits per heavy atom. The molecular weight excluding hydrogens is 354 g/mol. The van der Waals surface area contributed by atoms with Crippen molar-refractivity contribution < 1.29 is 4.42 Å². The molecule has 0 spiro atoms. The third-order valence-electron chi connectivity index (χ3n) is 4.64. The molecule has 1 aliphatic carbocycles. The maximum Gasteiger partial charge on any atom is 0.262 e. The Morgan fingerprint density at radius 3 is 3.12 bits per heavy atom. The van der Waals surface area contributed by atoms with E-state index in [-0.39, 0.29) is 5.56 Å². The molecule has 0 bridgehead atoms. The van der Waals surface area contributed by atoms with E-state index in [0.29, 0.717) is 12.4 Å².